The number of carbonyl (C=O) groups excluding carboxylic acids is 3. The summed E-state index contributed by atoms with van der Waals surface area (Å²) in [7, 11) is 0. The van der Waals surface area contributed by atoms with Crippen LogP contribution in [0, 0.1) is 23.5 Å². The third-order valence-electron chi connectivity index (χ3n) is 12.4. The fourth-order valence-electron chi connectivity index (χ4n) is 9.03. The highest BCUT2D eigenvalue weighted by Crippen LogP contribution is 2.41. The lowest BCUT2D eigenvalue weighted by molar-refractivity contribution is -0.138. The highest BCUT2D eigenvalue weighted by molar-refractivity contribution is 6.01. The van der Waals surface area contributed by atoms with Crippen LogP contribution >= 0.6 is 0 Å². The van der Waals surface area contributed by atoms with E-state index in [-0.39, 0.29) is 47.8 Å². The van der Waals surface area contributed by atoms with Gasteiger partial charge in [0, 0.05) is 49.3 Å². The van der Waals surface area contributed by atoms with Crippen LogP contribution in [0.5, 0.6) is 0 Å². The van der Waals surface area contributed by atoms with Gasteiger partial charge in [-0.25, -0.2) is 18.7 Å². The third kappa shape index (κ3) is 8.59. The van der Waals surface area contributed by atoms with Crippen molar-refractivity contribution in [2.24, 2.45) is 11.8 Å². The lowest BCUT2D eigenvalue weighted by Crippen LogP contribution is -2.47. The summed E-state index contributed by atoms with van der Waals surface area (Å²) in [6.07, 6.45) is 11.5. The Morgan fingerprint density at radius 2 is 1.59 bits per heavy atom. The number of aromatic nitrogens is 2. The van der Waals surface area contributed by atoms with E-state index < -0.39 is 11.9 Å². The number of likely N-dealkylation sites (tertiary alicyclic amines) is 2. The number of hydrogen-bond donors (Lipinski definition) is 3. The maximum Gasteiger partial charge on any atom is 0.249 e. The molecule has 286 valence electrons. The highest BCUT2D eigenvalue weighted by atomic mass is 19.1. The fraction of sp³-hybridized carbons (Fsp3) is 0.548. The molecule has 0 radical (unpaired) electrons. The summed E-state index contributed by atoms with van der Waals surface area (Å²) in [5.74, 6) is 0.731. The van der Waals surface area contributed by atoms with Crippen LogP contribution in [0.15, 0.2) is 48.7 Å². The Kier molecular flexibility index (Phi) is 10.9. The maximum absolute atomic E-state index is 15.2. The van der Waals surface area contributed by atoms with Gasteiger partial charge < -0.3 is 20.4 Å². The Morgan fingerprint density at radius 3 is 2.31 bits per heavy atom. The number of amides is 3. The first kappa shape index (κ1) is 36.5. The van der Waals surface area contributed by atoms with Crippen LogP contribution in [0.3, 0.4) is 0 Å². The number of piperidine rings is 3. The van der Waals surface area contributed by atoms with Crippen molar-refractivity contribution in [1.82, 2.24) is 25.1 Å². The smallest absolute Gasteiger partial charge is 0.249 e. The van der Waals surface area contributed by atoms with Gasteiger partial charge >= 0.3 is 0 Å². The number of nitrogens with zero attached hydrogens (tertiary/aromatic N) is 4. The summed E-state index contributed by atoms with van der Waals surface area (Å²) < 4.78 is 30.0. The molecule has 1 atom stereocenters. The predicted molar refractivity (Wildman–Crippen MR) is 203 cm³/mol. The number of anilines is 2. The van der Waals surface area contributed by atoms with Crippen molar-refractivity contribution in [3.8, 4) is 11.3 Å². The van der Waals surface area contributed by atoms with Crippen LogP contribution < -0.4 is 16.0 Å². The molecule has 5 aliphatic rings. The van der Waals surface area contributed by atoms with Crippen LogP contribution in [0.1, 0.15) is 100 Å². The zero-order valence-corrected chi connectivity index (χ0v) is 30.9. The molecule has 3 aliphatic heterocycles. The van der Waals surface area contributed by atoms with Crippen molar-refractivity contribution in [2.45, 2.75) is 101 Å². The molecule has 3 aromatic rings. The molecular formula is C42H51F2N7O3. The van der Waals surface area contributed by atoms with Crippen molar-refractivity contribution in [3.63, 3.8) is 0 Å². The van der Waals surface area contributed by atoms with E-state index in [2.05, 4.69) is 47.9 Å². The van der Waals surface area contributed by atoms with Crippen molar-refractivity contribution in [2.75, 3.05) is 43.4 Å². The van der Waals surface area contributed by atoms with Crippen LogP contribution in [0.25, 0.3) is 11.3 Å². The fourth-order valence-corrected chi connectivity index (χ4v) is 9.03. The molecule has 1 aromatic heterocycles. The molecule has 3 amide bonds. The van der Waals surface area contributed by atoms with Gasteiger partial charge in [-0.2, -0.15) is 0 Å². The van der Waals surface area contributed by atoms with Crippen LogP contribution in [-0.4, -0.2) is 82.3 Å². The SMILES string of the molecule is O=C1CCC(Nc2ccc(C3CCN(CC4CCN(C(=O)C5CCC(Nc6ncc(F)c(-c7cccc(C8CC8)c7)n6)CC5)CC4)CC3)c(F)c2)C(=O)N1. The van der Waals surface area contributed by atoms with Gasteiger partial charge in [0.25, 0.3) is 0 Å². The number of imide groups is 1. The van der Waals surface area contributed by atoms with Gasteiger partial charge in [0.1, 0.15) is 17.6 Å². The molecule has 3 saturated heterocycles. The van der Waals surface area contributed by atoms with Gasteiger partial charge in [0.15, 0.2) is 5.82 Å². The van der Waals surface area contributed by atoms with E-state index in [0.29, 0.717) is 35.6 Å². The molecule has 2 aromatic carbocycles. The van der Waals surface area contributed by atoms with E-state index in [1.54, 1.807) is 0 Å². The minimum Gasteiger partial charge on any atom is -0.374 e. The highest BCUT2D eigenvalue weighted by Gasteiger charge is 2.33. The van der Waals surface area contributed by atoms with Gasteiger partial charge in [0.2, 0.25) is 23.7 Å². The number of nitrogens with one attached hydrogen (secondary N) is 3. The van der Waals surface area contributed by atoms with Crippen molar-refractivity contribution >= 4 is 29.4 Å². The van der Waals surface area contributed by atoms with Gasteiger partial charge in [-0.15, -0.1) is 0 Å². The quantitative estimate of drug-likeness (QED) is 0.199. The number of carbonyl (C=O) groups is 3. The zero-order valence-electron chi connectivity index (χ0n) is 30.9. The molecule has 10 nitrogen and oxygen atoms in total. The molecule has 0 spiro atoms. The molecule has 5 fully saturated rings. The van der Waals surface area contributed by atoms with Crippen LogP contribution in [-0.2, 0) is 14.4 Å². The summed E-state index contributed by atoms with van der Waals surface area (Å²) in [5, 5.41) is 8.82. The lowest BCUT2D eigenvalue weighted by Gasteiger charge is -2.39. The van der Waals surface area contributed by atoms with Gasteiger partial charge in [-0.1, -0.05) is 24.3 Å². The second-order valence-corrected chi connectivity index (χ2v) is 16.2. The molecule has 12 heteroatoms. The second kappa shape index (κ2) is 16.1. The standard InChI is InChI=1S/C42H51F2N7O3/c43-35-23-33(46-37-12-13-38(52)48-40(37)53)10-11-34(35)28-16-18-50(19-17-28)25-26-14-20-51(21-15-26)41(54)29-6-8-32(9-7-29)47-42-45-24-36(44)39(49-42)31-3-1-2-30(22-31)27-4-5-27/h1-3,10-11,22-24,26-29,32,37,46H,4-9,12-21,25H2,(H,45,47,49)(H,48,52,53). The normalized spacial score (nSPS) is 24.6. The van der Waals surface area contributed by atoms with Crippen LogP contribution in [0.2, 0.25) is 0 Å². The molecule has 1 unspecified atom stereocenters. The minimum absolute atomic E-state index is 0.0381. The number of benzene rings is 2. The van der Waals surface area contributed by atoms with E-state index in [1.807, 2.05) is 24.3 Å². The van der Waals surface area contributed by atoms with Gasteiger partial charge in [0.05, 0.1) is 6.20 Å². The summed E-state index contributed by atoms with van der Waals surface area (Å²) >= 11 is 0. The van der Waals surface area contributed by atoms with Crippen LogP contribution in [0.4, 0.5) is 20.4 Å². The van der Waals surface area contributed by atoms with Gasteiger partial charge in [-0.3, -0.25) is 19.7 Å². The lowest BCUT2D eigenvalue weighted by atomic mass is 9.84. The average molecular weight is 740 g/mol. The third-order valence-corrected chi connectivity index (χ3v) is 12.4. The maximum atomic E-state index is 15.2. The largest absolute Gasteiger partial charge is 0.374 e. The molecule has 2 aliphatic carbocycles. The van der Waals surface area contributed by atoms with Crippen molar-refractivity contribution < 1.29 is 23.2 Å². The second-order valence-electron chi connectivity index (χ2n) is 16.2. The Bertz CT molecular complexity index is 1850. The molecule has 3 N–H and O–H groups in total. The molecular weight excluding hydrogens is 689 g/mol. The first-order valence-corrected chi connectivity index (χ1v) is 20.1. The number of halogens is 2. The molecule has 2 saturated carbocycles. The zero-order chi connectivity index (χ0) is 37.2. The number of rotatable bonds is 10. The molecule has 0 bridgehead atoms. The minimum atomic E-state index is -0.537. The summed E-state index contributed by atoms with van der Waals surface area (Å²) in [6, 6.07) is 12.8. The summed E-state index contributed by atoms with van der Waals surface area (Å²) in [6.45, 7) is 4.47. The van der Waals surface area contributed by atoms with E-state index in [4.69, 9.17) is 0 Å². The van der Waals surface area contributed by atoms with E-state index >= 15 is 4.39 Å². The first-order chi connectivity index (χ1) is 26.3. The van der Waals surface area contributed by atoms with E-state index in [9.17, 15) is 18.8 Å². The molecule has 8 rings (SSSR count). The summed E-state index contributed by atoms with van der Waals surface area (Å²) in [4.78, 5) is 50.4. The van der Waals surface area contributed by atoms with Crippen molar-refractivity contribution in [3.05, 3.63) is 71.4 Å². The van der Waals surface area contributed by atoms with E-state index in [0.717, 1.165) is 95.2 Å². The average Bonchev–Trinajstić information content (AvgIpc) is 4.04. The van der Waals surface area contributed by atoms with Gasteiger partial charge in [-0.05, 0) is 131 Å². The van der Waals surface area contributed by atoms with E-state index in [1.165, 1.54) is 30.7 Å². The Balaban J connectivity index is 0.749. The molecule has 4 heterocycles. The predicted octanol–water partition coefficient (Wildman–Crippen LogP) is 6.61. The summed E-state index contributed by atoms with van der Waals surface area (Å²) in [5.41, 5.74) is 3.63. The topological polar surface area (TPSA) is 120 Å². The molecule has 54 heavy (non-hydrogen) atoms. The number of hydrogen-bond acceptors (Lipinski definition) is 8. The first-order valence-electron chi connectivity index (χ1n) is 20.1. The monoisotopic (exact) mass is 739 g/mol. The Hall–Kier alpha value is -4.45. The Labute approximate surface area is 315 Å². The van der Waals surface area contributed by atoms with Crippen molar-refractivity contribution in [1.29, 1.82) is 0 Å². The Morgan fingerprint density at radius 1 is 0.815 bits per heavy atom.